The zero-order valence-corrected chi connectivity index (χ0v) is 17.6. The van der Waals surface area contributed by atoms with E-state index in [1.54, 1.807) is 12.1 Å². The summed E-state index contributed by atoms with van der Waals surface area (Å²) < 4.78 is 5.41. The third-order valence-electron chi connectivity index (χ3n) is 4.92. The van der Waals surface area contributed by atoms with Gasteiger partial charge < -0.3 is 25.4 Å². The molecule has 1 aromatic rings. The maximum atomic E-state index is 12.9. The minimum absolute atomic E-state index is 0. The van der Waals surface area contributed by atoms with Gasteiger partial charge in [0.05, 0.1) is 6.04 Å². The van der Waals surface area contributed by atoms with Gasteiger partial charge in [0.25, 0.3) is 0 Å². The van der Waals surface area contributed by atoms with Crippen molar-refractivity contribution in [3.05, 3.63) is 46.3 Å². The lowest BCUT2D eigenvalue weighted by atomic mass is 9.75. The smallest absolute Gasteiger partial charge is 0.451 e. The molecule has 0 unspecified atom stereocenters. The number of nitrogens with zero attached hydrogens (tertiary/aromatic N) is 4. The number of likely N-dealkylation sites (tertiary alicyclic amines) is 1. The Morgan fingerprint density at radius 2 is 2.10 bits per heavy atom. The number of hydrogen-bond acceptors (Lipinski definition) is 7. The van der Waals surface area contributed by atoms with Crippen LogP contribution >= 0.6 is 12.4 Å². The molecule has 4 N–H and O–H groups in total. The second-order valence-corrected chi connectivity index (χ2v) is 7.42. The third kappa shape index (κ3) is 6.89. The fourth-order valence-corrected chi connectivity index (χ4v) is 3.54. The summed E-state index contributed by atoms with van der Waals surface area (Å²) in [5.41, 5.74) is 14.0. The molecule has 0 radical (unpaired) electrons. The predicted molar refractivity (Wildman–Crippen MR) is 113 cm³/mol. The van der Waals surface area contributed by atoms with Crippen LogP contribution in [-0.4, -0.2) is 58.6 Å². The first-order chi connectivity index (χ1) is 13.8. The molecule has 1 aromatic carbocycles. The zero-order valence-electron chi connectivity index (χ0n) is 16.8. The number of amides is 1. The number of piperidine rings is 1. The lowest BCUT2D eigenvalue weighted by Gasteiger charge is -2.42. The Hall–Kier alpha value is -2.30. The quantitative estimate of drug-likeness (QED) is 0.181. The summed E-state index contributed by atoms with van der Waals surface area (Å²) in [7, 11) is -1.51. The van der Waals surface area contributed by atoms with Crippen molar-refractivity contribution < 1.29 is 24.4 Å². The molecule has 1 amide bonds. The first-order valence-corrected chi connectivity index (χ1v) is 9.45. The number of esters is 1. The normalized spacial score (nSPS) is 21.6. The van der Waals surface area contributed by atoms with Crippen molar-refractivity contribution >= 4 is 31.4 Å². The number of benzene rings is 1. The van der Waals surface area contributed by atoms with Crippen LogP contribution in [0.5, 0.6) is 0 Å². The molecule has 0 aliphatic carbocycles. The van der Waals surface area contributed by atoms with E-state index < -0.39 is 24.7 Å². The lowest BCUT2D eigenvalue weighted by molar-refractivity contribution is -0.156. The monoisotopic (exact) mass is 439 g/mol. The fraction of sp³-hybridized carbons (Fsp3) is 0.556. The van der Waals surface area contributed by atoms with E-state index in [4.69, 9.17) is 16.0 Å². The Balaban J connectivity index is 0.00000450. The van der Waals surface area contributed by atoms with Gasteiger partial charge in [0, 0.05) is 18.0 Å². The zero-order chi connectivity index (χ0) is 21.4. The molecular weight excluding hydrogens is 412 g/mol. The van der Waals surface area contributed by atoms with E-state index in [0.29, 0.717) is 6.42 Å². The summed E-state index contributed by atoms with van der Waals surface area (Å²) >= 11 is 0. The predicted octanol–water partition coefficient (Wildman–Crippen LogP) is 1.26. The summed E-state index contributed by atoms with van der Waals surface area (Å²) in [6.45, 7) is 1.68. The molecule has 0 saturated carbocycles. The maximum absolute atomic E-state index is 12.9. The van der Waals surface area contributed by atoms with E-state index in [2.05, 4.69) is 10.0 Å². The van der Waals surface area contributed by atoms with Gasteiger partial charge in [0.15, 0.2) is 5.54 Å². The third-order valence-corrected chi connectivity index (χ3v) is 4.92. The van der Waals surface area contributed by atoms with Crippen molar-refractivity contribution in [3.8, 4) is 0 Å². The number of carbonyl (C=O) groups excluding carboxylic acids is 2. The Kier molecular flexibility index (Phi) is 10.1. The molecule has 10 nitrogen and oxygen atoms in total. The number of hydrogen-bond donors (Lipinski definition) is 3. The van der Waals surface area contributed by atoms with Gasteiger partial charge in [-0.05, 0) is 36.7 Å². The molecule has 1 saturated heterocycles. The highest BCUT2D eigenvalue weighted by molar-refractivity contribution is 6.40. The highest BCUT2D eigenvalue weighted by Crippen LogP contribution is 2.34. The number of nitrogens with two attached hydrogens (primary N) is 1. The van der Waals surface area contributed by atoms with Gasteiger partial charge in [-0.15, -0.1) is 12.4 Å². The summed E-state index contributed by atoms with van der Waals surface area (Å²) in [6.07, 6.45) is 0.533. The molecule has 164 valence electrons. The van der Waals surface area contributed by atoms with E-state index in [-0.39, 0.29) is 56.7 Å². The van der Waals surface area contributed by atoms with Crippen molar-refractivity contribution in [2.24, 2.45) is 16.8 Å². The van der Waals surface area contributed by atoms with Crippen LogP contribution in [0, 0.1) is 5.92 Å². The second kappa shape index (κ2) is 11.8. The minimum Gasteiger partial charge on any atom is -0.460 e. The second-order valence-electron chi connectivity index (χ2n) is 7.42. The Morgan fingerprint density at radius 3 is 2.67 bits per heavy atom. The summed E-state index contributed by atoms with van der Waals surface area (Å²) in [5, 5.41) is 22.1. The number of azide groups is 1. The van der Waals surface area contributed by atoms with Crippen LogP contribution in [0.15, 0.2) is 35.4 Å². The van der Waals surface area contributed by atoms with E-state index in [9.17, 15) is 19.6 Å². The van der Waals surface area contributed by atoms with Crippen molar-refractivity contribution in [2.45, 2.75) is 44.3 Å². The van der Waals surface area contributed by atoms with Gasteiger partial charge in [-0.1, -0.05) is 41.9 Å². The number of ether oxygens (including phenoxy) is 1. The topological polar surface area (TPSA) is 162 Å². The van der Waals surface area contributed by atoms with Gasteiger partial charge in [-0.2, -0.15) is 0 Å². The molecule has 30 heavy (non-hydrogen) atoms. The van der Waals surface area contributed by atoms with Crippen LogP contribution in [0.4, 0.5) is 0 Å². The average Bonchev–Trinajstić information content (AvgIpc) is 2.70. The standard InChI is InChI=1S/C18H26BN5O5.ClH/c1-13(20)16(25)24-10-15(7-8-19(27)28)9-18(12-24,22-23-21)17(26)29-11-14-5-3-2-4-6-14;/h2-6,13,15,27-28H,7-12,20H2,1H3;1H/t13-,15+,18+;/m0./s1. The number of rotatable bonds is 8. The molecule has 1 aliphatic heterocycles. The molecule has 1 fully saturated rings. The minimum atomic E-state index is -1.60. The van der Waals surface area contributed by atoms with E-state index >= 15 is 0 Å². The van der Waals surface area contributed by atoms with Crippen LogP contribution in [0.2, 0.25) is 6.32 Å². The maximum Gasteiger partial charge on any atom is 0.451 e. The molecule has 1 aliphatic rings. The highest BCUT2D eigenvalue weighted by atomic mass is 35.5. The molecule has 0 aromatic heterocycles. The Morgan fingerprint density at radius 1 is 1.43 bits per heavy atom. The lowest BCUT2D eigenvalue weighted by Crippen LogP contribution is -2.59. The van der Waals surface area contributed by atoms with Gasteiger partial charge >= 0.3 is 13.1 Å². The summed E-state index contributed by atoms with van der Waals surface area (Å²) in [6, 6.07) is 8.27. The first-order valence-electron chi connectivity index (χ1n) is 9.45. The van der Waals surface area contributed by atoms with Crippen molar-refractivity contribution in [1.29, 1.82) is 0 Å². The van der Waals surface area contributed by atoms with Gasteiger partial charge in [0.1, 0.15) is 6.61 Å². The van der Waals surface area contributed by atoms with Crippen LogP contribution in [0.25, 0.3) is 10.4 Å². The molecule has 3 atom stereocenters. The number of halogens is 1. The van der Waals surface area contributed by atoms with E-state index in [1.165, 1.54) is 11.8 Å². The molecule has 0 spiro atoms. The van der Waals surface area contributed by atoms with Crippen LogP contribution < -0.4 is 5.73 Å². The Labute approximate surface area is 181 Å². The first kappa shape index (κ1) is 25.7. The van der Waals surface area contributed by atoms with Crippen LogP contribution in [-0.2, 0) is 20.9 Å². The SMILES string of the molecule is C[C@H](N)C(=O)N1C[C@H](CCB(O)O)C[C@](N=[N+]=[N-])(C(=O)OCc2ccccc2)C1.Cl. The number of carbonyl (C=O) groups is 2. The molecular formula is C18H27BClN5O5. The molecule has 0 bridgehead atoms. The van der Waals surface area contributed by atoms with Crippen molar-refractivity contribution in [2.75, 3.05) is 13.1 Å². The van der Waals surface area contributed by atoms with E-state index in [0.717, 1.165) is 5.56 Å². The average molecular weight is 440 g/mol. The Bertz CT molecular complexity index is 763. The molecule has 12 heteroatoms. The van der Waals surface area contributed by atoms with Gasteiger partial charge in [-0.3, -0.25) is 9.59 Å². The highest BCUT2D eigenvalue weighted by Gasteiger charge is 2.48. The van der Waals surface area contributed by atoms with Crippen LogP contribution in [0.1, 0.15) is 25.3 Å². The summed E-state index contributed by atoms with van der Waals surface area (Å²) in [5.74, 6) is -1.40. The van der Waals surface area contributed by atoms with Gasteiger partial charge in [0.2, 0.25) is 5.91 Å². The fourth-order valence-electron chi connectivity index (χ4n) is 3.54. The molecule has 1 heterocycles. The van der Waals surface area contributed by atoms with Crippen molar-refractivity contribution in [3.63, 3.8) is 0 Å². The van der Waals surface area contributed by atoms with Crippen LogP contribution in [0.3, 0.4) is 0 Å². The van der Waals surface area contributed by atoms with Gasteiger partial charge in [-0.25, -0.2) is 0 Å². The largest absolute Gasteiger partial charge is 0.460 e. The summed E-state index contributed by atoms with van der Waals surface area (Å²) in [4.78, 5) is 29.7. The van der Waals surface area contributed by atoms with E-state index in [1.807, 2.05) is 18.2 Å². The van der Waals surface area contributed by atoms with Crippen molar-refractivity contribution in [1.82, 2.24) is 4.90 Å². The molecule has 2 rings (SSSR count).